The zero-order valence-corrected chi connectivity index (χ0v) is 14.4. The molecule has 0 bridgehead atoms. The molecule has 0 spiro atoms. The SMILES string of the molecule is O=C([O-])C(Cc1ccccc1)C(C(Cl)(Cl)Cl)C(Cl)(Cl)Cl. The molecule has 20 heavy (non-hydrogen) atoms. The Morgan fingerprint density at radius 3 is 1.80 bits per heavy atom. The summed E-state index contributed by atoms with van der Waals surface area (Å²) in [7, 11) is 0. The van der Waals surface area contributed by atoms with Crippen LogP contribution in [0.15, 0.2) is 30.3 Å². The van der Waals surface area contributed by atoms with E-state index < -0.39 is 25.4 Å². The van der Waals surface area contributed by atoms with Crippen LogP contribution in [0, 0.1) is 11.8 Å². The molecule has 0 aliphatic rings. The van der Waals surface area contributed by atoms with Gasteiger partial charge in [0.15, 0.2) is 7.59 Å². The lowest BCUT2D eigenvalue weighted by Gasteiger charge is -2.37. The lowest BCUT2D eigenvalue weighted by atomic mass is 9.88. The van der Waals surface area contributed by atoms with Crippen molar-refractivity contribution in [1.82, 2.24) is 0 Å². The third kappa shape index (κ3) is 5.32. The molecule has 1 aromatic carbocycles. The standard InChI is InChI=1S/C12H10Cl6O2/c13-11(14,15)9(12(16,17)18)8(10(19)20)6-7-4-2-1-3-5-7/h1-5,8-9H,6H2,(H,19,20)/p-1. The third-order valence-electron chi connectivity index (χ3n) is 2.71. The molecule has 0 radical (unpaired) electrons. The molecule has 1 atom stereocenters. The van der Waals surface area contributed by atoms with Gasteiger partial charge in [-0.25, -0.2) is 0 Å². The van der Waals surface area contributed by atoms with Crippen molar-refractivity contribution in [2.75, 3.05) is 0 Å². The molecule has 0 aromatic heterocycles. The van der Waals surface area contributed by atoms with Gasteiger partial charge in [0, 0.05) is 11.9 Å². The van der Waals surface area contributed by atoms with E-state index in [4.69, 9.17) is 69.6 Å². The van der Waals surface area contributed by atoms with Gasteiger partial charge in [0.05, 0.1) is 5.92 Å². The largest absolute Gasteiger partial charge is 0.550 e. The smallest absolute Gasteiger partial charge is 0.198 e. The maximum absolute atomic E-state index is 11.4. The van der Waals surface area contributed by atoms with E-state index >= 15 is 0 Å². The van der Waals surface area contributed by atoms with E-state index in [0.717, 1.165) is 0 Å². The number of benzene rings is 1. The van der Waals surface area contributed by atoms with Crippen LogP contribution in [-0.4, -0.2) is 13.6 Å². The fraction of sp³-hybridized carbons (Fsp3) is 0.417. The van der Waals surface area contributed by atoms with Gasteiger partial charge in [-0.3, -0.25) is 0 Å². The van der Waals surface area contributed by atoms with Gasteiger partial charge in [0.1, 0.15) is 0 Å². The summed E-state index contributed by atoms with van der Waals surface area (Å²) in [5, 5.41) is 11.4. The molecule has 8 heteroatoms. The topological polar surface area (TPSA) is 40.1 Å². The van der Waals surface area contributed by atoms with Crippen molar-refractivity contribution >= 4 is 75.6 Å². The molecule has 0 fully saturated rings. The van der Waals surface area contributed by atoms with Crippen LogP contribution in [-0.2, 0) is 11.2 Å². The van der Waals surface area contributed by atoms with Crippen molar-refractivity contribution in [3.63, 3.8) is 0 Å². The second kappa shape index (κ2) is 7.13. The highest BCUT2D eigenvalue weighted by molar-refractivity contribution is 6.72. The number of aliphatic carboxylic acids is 1. The number of carboxylic acids is 1. The van der Waals surface area contributed by atoms with Crippen molar-refractivity contribution in [3.05, 3.63) is 35.9 Å². The number of carbonyl (C=O) groups excluding carboxylic acids is 1. The molecule has 0 saturated heterocycles. The highest BCUT2D eigenvalue weighted by Gasteiger charge is 2.51. The Kier molecular flexibility index (Phi) is 6.59. The van der Waals surface area contributed by atoms with Gasteiger partial charge in [-0.15, -0.1) is 0 Å². The van der Waals surface area contributed by atoms with Gasteiger partial charge < -0.3 is 9.90 Å². The van der Waals surface area contributed by atoms with Gasteiger partial charge in [-0.1, -0.05) is 99.9 Å². The van der Waals surface area contributed by atoms with Crippen molar-refractivity contribution in [1.29, 1.82) is 0 Å². The summed E-state index contributed by atoms with van der Waals surface area (Å²) in [5.41, 5.74) is 0.704. The first-order valence-corrected chi connectivity index (χ1v) is 7.68. The molecule has 112 valence electrons. The average molecular weight is 398 g/mol. The Morgan fingerprint density at radius 1 is 1.00 bits per heavy atom. The summed E-state index contributed by atoms with van der Waals surface area (Å²) in [6, 6.07) is 8.75. The van der Waals surface area contributed by atoms with Crippen molar-refractivity contribution in [3.8, 4) is 0 Å². The monoisotopic (exact) mass is 395 g/mol. The summed E-state index contributed by atoms with van der Waals surface area (Å²) in [4.78, 5) is 11.4. The predicted octanol–water partition coefficient (Wildman–Crippen LogP) is 3.95. The highest BCUT2D eigenvalue weighted by atomic mass is 35.6. The Labute approximate surface area is 146 Å². The molecule has 0 heterocycles. The molecule has 1 rings (SSSR count). The quantitative estimate of drug-likeness (QED) is 0.721. The normalized spacial score (nSPS) is 14.3. The minimum atomic E-state index is -2.06. The van der Waals surface area contributed by atoms with Crippen LogP contribution in [0.2, 0.25) is 0 Å². The number of alkyl halides is 6. The van der Waals surface area contributed by atoms with E-state index in [2.05, 4.69) is 0 Å². The second-order valence-corrected chi connectivity index (χ2v) is 8.91. The molecule has 0 aliphatic carbocycles. The van der Waals surface area contributed by atoms with Gasteiger partial charge >= 0.3 is 0 Å². The molecule has 2 nitrogen and oxygen atoms in total. The Bertz CT molecular complexity index is 437. The fourth-order valence-corrected chi connectivity index (χ4v) is 4.24. The van der Waals surface area contributed by atoms with Gasteiger partial charge in [0.25, 0.3) is 0 Å². The number of rotatable bonds is 4. The zero-order valence-electron chi connectivity index (χ0n) is 9.83. The molecule has 1 aromatic rings. The number of carboxylic acid groups (broad SMARTS) is 1. The Hall–Kier alpha value is 0.430. The van der Waals surface area contributed by atoms with E-state index in [9.17, 15) is 9.90 Å². The lowest BCUT2D eigenvalue weighted by molar-refractivity contribution is -0.313. The Balaban J connectivity index is 3.13. The van der Waals surface area contributed by atoms with Crippen LogP contribution in [0.5, 0.6) is 0 Å². The zero-order chi connectivity index (χ0) is 15.6. The van der Waals surface area contributed by atoms with E-state index in [0.29, 0.717) is 5.56 Å². The summed E-state index contributed by atoms with van der Waals surface area (Å²) < 4.78 is -4.13. The molecule has 1 unspecified atom stereocenters. The minimum absolute atomic E-state index is 0.0235. The fourth-order valence-electron chi connectivity index (χ4n) is 1.85. The van der Waals surface area contributed by atoms with Gasteiger partial charge in [-0.2, -0.15) is 0 Å². The lowest BCUT2D eigenvalue weighted by Crippen LogP contribution is -2.47. The van der Waals surface area contributed by atoms with Crippen LogP contribution in [0.25, 0.3) is 0 Å². The van der Waals surface area contributed by atoms with Gasteiger partial charge in [-0.05, 0) is 12.0 Å². The predicted molar refractivity (Wildman–Crippen MR) is 82.7 cm³/mol. The maximum atomic E-state index is 11.4. The van der Waals surface area contributed by atoms with E-state index in [1.165, 1.54) is 0 Å². The van der Waals surface area contributed by atoms with Crippen LogP contribution >= 0.6 is 69.6 Å². The first kappa shape index (κ1) is 18.5. The summed E-state index contributed by atoms with van der Waals surface area (Å²) in [6.45, 7) is 0. The minimum Gasteiger partial charge on any atom is -0.550 e. The molecule has 0 saturated carbocycles. The third-order valence-corrected chi connectivity index (χ3v) is 4.12. The average Bonchev–Trinajstić information content (AvgIpc) is 2.25. The van der Waals surface area contributed by atoms with Crippen LogP contribution in [0.3, 0.4) is 0 Å². The van der Waals surface area contributed by atoms with Crippen molar-refractivity contribution in [2.45, 2.75) is 14.0 Å². The van der Waals surface area contributed by atoms with Crippen molar-refractivity contribution < 1.29 is 9.90 Å². The first-order chi connectivity index (χ1) is 9.03. The summed E-state index contributed by atoms with van der Waals surface area (Å²) in [6.07, 6.45) is 0.0235. The van der Waals surface area contributed by atoms with Crippen LogP contribution in [0.1, 0.15) is 5.56 Å². The van der Waals surface area contributed by atoms with Crippen molar-refractivity contribution in [2.24, 2.45) is 11.8 Å². The number of carbonyl (C=O) groups is 1. The number of hydrogen-bond acceptors (Lipinski definition) is 2. The Morgan fingerprint density at radius 2 is 1.45 bits per heavy atom. The first-order valence-electron chi connectivity index (χ1n) is 5.41. The highest BCUT2D eigenvalue weighted by Crippen LogP contribution is 2.52. The number of halogens is 6. The number of hydrogen-bond donors (Lipinski definition) is 0. The maximum Gasteiger partial charge on any atom is 0.198 e. The molecular weight excluding hydrogens is 389 g/mol. The molecule has 0 aliphatic heterocycles. The van der Waals surface area contributed by atoms with Gasteiger partial charge in [0.2, 0.25) is 0 Å². The summed E-state index contributed by atoms with van der Waals surface area (Å²) >= 11 is 34.7. The van der Waals surface area contributed by atoms with E-state index in [1.54, 1.807) is 30.3 Å². The summed E-state index contributed by atoms with van der Waals surface area (Å²) in [5.74, 6) is -4.08. The van der Waals surface area contributed by atoms with E-state index in [1.807, 2.05) is 0 Å². The van der Waals surface area contributed by atoms with E-state index in [-0.39, 0.29) is 6.42 Å². The van der Waals surface area contributed by atoms with Crippen LogP contribution in [0.4, 0.5) is 0 Å². The molecule has 0 N–H and O–H groups in total. The second-order valence-electron chi connectivity index (χ2n) is 4.18. The molecule has 0 amide bonds. The van der Waals surface area contributed by atoms with Crippen LogP contribution < -0.4 is 5.11 Å². The molecular formula is C12H9Cl6O2-.